The second-order valence-electron chi connectivity index (χ2n) is 5.02. The van der Waals surface area contributed by atoms with Crippen molar-refractivity contribution >= 4 is 6.09 Å². The molecule has 1 fully saturated rings. The van der Waals surface area contributed by atoms with Crippen molar-refractivity contribution in [3.05, 3.63) is 0 Å². The highest BCUT2D eigenvalue weighted by Gasteiger charge is 2.45. The lowest BCUT2D eigenvalue weighted by molar-refractivity contribution is -0.0853. The molecule has 1 aliphatic heterocycles. The monoisotopic (exact) mass is 247 g/mol. The first-order chi connectivity index (χ1) is 7.80. The summed E-state index contributed by atoms with van der Waals surface area (Å²) in [5.41, 5.74) is -0.578. The van der Waals surface area contributed by atoms with E-state index >= 15 is 0 Å². The first-order valence-electron chi connectivity index (χ1n) is 5.53. The average Bonchev–Trinajstić information content (AvgIpc) is 2.52. The Kier molecular flexibility index (Phi) is 4.35. The third kappa shape index (κ3) is 3.31. The molecule has 6 heteroatoms. The number of carbonyl (C=O) groups excluding carboxylic acids is 1. The van der Waals surface area contributed by atoms with E-state index < -0.39 is 30.1 Å². The molecular formula is C11H21NO5. The van der Waals surface area contributed by atoms with Gasteiger partial charge in [0.25, 0.3) is 0 Å². The topological polar surface area (TPSA) is 68.2 Å². The van der Waals surface area contributed by atoms with Gasteiger partial charge < -0.3 is 19.3 Å². The zero-order valence-electron chi connectivity index (χ0n) is 11.0. The number of ether oxygens (including phenoxy) is 3. The van der Waals surface area contributed by atoms with E-state index in [0.717, 1.165) is 0 Å². The van der Waals surface area contributed by atoms with Crippen molar-refractivity contribution in [2.45, 2.75) is 44.8 Å². The van der Waals surface area contributed by atoms with Gasteiger partial charge in [0, 0.05) is 14.2 Å². The fourth-order valence-electron chi connectivity index (χ4n) is 1.75. The number of hydrogen-bond donors (Lipinski definition) is 1. The fourth-order valence-corrected chi connectivity index (χ4v) is 1.75. The molecule has 0 unspecified atom stereocenters. The van der Waals surface area contributed by atoms with Crippen LogP contribution in [0.15, 0.2) is 0 Å². The van der Waals surface area contributed by atoms with Gasteiger partial charge in [-0.2, -0.15) is 0 Å². The molecule has 0 radical (unpaired) electrons. The van der Waals surface area contributed by atoms with Crippen LogP contribution in [0.2, 0.25) is 0 Å². The normalized spacial score (nSPS) is 29.5. The largest absolute Gasteiger partial charge is 0.444 e. The Morgan fingerprint density at radius 2 is 1.88 bits per heavy atom. The smallest absolute Gasteiger partial charge is 0.412 e. The van der Waals surface area contributed by atoms with Gasteiger partial charge >= 0.3 is 6.09 Å². The highest BCUT2D eigenvalue weighted by molar-refractivity contribution is 5.69. The summed E-state index contributed by atoms with van der Waals surface area (Å²) in [5, 5.41) is 9.87. The molecule has 0 aliphatic carbocycles. The highest BCUT2D eigenvalue weighted by atomic mass is 16.6. The van der Waals surface area contributed by atoms with Crippen molar-refractivity contribution in [2.75, 3.05) is 20.8 Å². The fraction of sp³-hybridized carbons (Fsp3) is 0.909. The van der Waals surface area contributed by atoms with E-state index in [9.17, 15) is 9.90 Å². The standard InChI is InChI=1S/C11H21NO5/c1-11(2,3)17-10(14)12-6-7(15-4)8(13)9(12)16-5/h7-9,13H,6H2,1-5H3/t7-,8-,9+/m1/s1. The van der Waals surface area contributed by atoms with Crippen LogP contribution in [0.1, 0.15) is 20.8 Å². The molecule has 1 amide bonds. The molecule has 1 heterocycles. The number of rotatable bonds is 2. The molecule has 6 nitrogen and oxygen atoms in total. The molecule has 1 saturated heterocycles. The Morgan fingerprint density at radius 3 is 2.29 bits per heavy atom. The van der Waals surface area contributed by atoms with Crippen LogP contribution in [-0.4, -0.2) is 60.9 Å². The van der Waals surface area contributed by atoms with Crippen LogP contribution >= 0.6 is 0 Å². The van der Waals surface area contributed by atoms with Crippen molar-refractivity contribution in [3.63, 3.8) is 0 Å². The Balaban J connectivity index is 2.73. The zero-order chi connectivity index (χ0) is 13.2. The van der Waals surface area contributed by atoms with E-state index in [2.05, 4.69) is 0 Å². The zero-order valence-corrected chi connectivity index (χ0v) is 11.0. The Morgan fingerprint density at radius 1 is 1.29 bits per heavy atom. The van der Waals surface area contributed by atoms with E-state index in [4.69, 9.17) is 14.2 Å². The molecule has 0 saturated carbocycles. The Hall–Kier alpha value is -0.850. The van der Waals surface area contributed by atoms with E-state index in [1.54, 1.807) is 20.8 Å². The van der Waals surface area contributed by atoms with Gasteiger partial charge in [-0.05, 0) is 20.8 Å². The first-order valence-corrected chi connectivity index (χ1v) is 5.53. The van der Waals surface area contributed by atoms with Crippen LogP contribution in [0.25, 0.3) is 0 Å². The van der Waals surface area contributed by atoms with Crippen LogP contribution in [0, 0.1) is 0 Å². The molecule has 17 heavy (non-hydrogen) atoms. The summed E-state index contributed by atoms with van der Waals surface area (Å²) in [6, 6.07) is 0. The molecule has 1 aliphatic rings. The summed E-state index contributed by atoms with van der Waals surface area (Å²) < 4.78 is 15.4. The van der Waals surface area contributed by atoms with E-state index in [1.165, 1.54) is 19.1 Å². The maximum atomic E-state index is 11.9. The van der Waals surface area contributed by atoms with Gasteiger partial charge in [0.15, 0.2) is 6.23 Å². The van der Waals surface area contributed by atoms with E-state index in [0.29, 0.717) is 0 Å². The number of aliphatic hydroxyl groups excluding tert-OH is 1. The van der Waals surface area contributed by atoms with Gasteiger partial charge in [-0.1, -0.05) is 0 Å². The predicted molar refractivity (Wildman–Crippen MR) is 60.5 cm³/mol. The highest BCUT2D eigenvalue weighted by Crippen LogP contribution is 2.23. The van der Waals surface area contributed by atoms with Crippen LogP contribution in [0.3, 0.4) is 0 Å². The van der Waals surface area contributed by atoms with Gasteiger partial charge in [0.1, 0.15) is 17.8 Å². The molecule has 0 aromatic carbocycles. The minimum Gasteiger partial charge on any atom is -0.444 e. The number of carbonyl (C=O) groups is 1. The maximum Gasteiger partial charge on any atom is 0.412 e. The Bertz CT molecular complexity index is 276. The second-order valence-corrected chi connectivity index (χ2v) is 5.02. The lowest BCUT2D eigenvalue weighted by atomic mass is 10.2. The predicted octanol–water partition coefficient (Wildman–Crippen LogP) is 0.586. The van der Waals surface area contributed by atoms with Gasteiger partial charge in [0.2, 0.25) is 0 Å². The number of amides is 1. The van der Waals surface area contributed by atoms with E-state index in [1.807, 2.05) is 0 Å². The molecule has 0 spiro atoms. The van der Waals surface area contributed by atoms with Gasteiger partial charge in [-0.15, -0.1) is 0 Å². The van der Waals surface area contributed by atoms with Gasteiger partial charge in [0.05, 0.1) is 6.54 Å². The summed E-state index contributed by atoms with van der Waals surface area (Å²) in [6.45, 7) is 5.61. The van der Waals surface area contributed by atoms with Crippen LogP contribution < -0.4 is 0 Å². The summed E-state index contributed by atoms with van der Waals surface area (Å²) in [4.78, 5) is 13.2. The van der Waals surface area contributed by atoms with E-state index in [-0.39, 0.29) is 6.54 Å². The molecule has 0 aromatic heterocycles. The third-order valence-electron chi connectivity index (χ3n) is 2.53. The molecule has 0 aromatic rings. The molecule has 3 atom stereocenters. The lowest BCUT2D eigenvalue weighted by Crippen LogP contribution is -2.43. The Labute approximate surface area is 101 Å². The van der Waals surface area contributed by atoms with Crippen molar-refractivity contribution in [1.29, 1.82) is 0 Å². The lowest BCUT2D eigenvalue weighted by Gasteiger charge is -2.28. The van der Waals surface area contributed by atoms with Crippen LogP contribution in [0.4, 0.5) is 4.79 Å². The minimum absolute atomic E-state index is 0.255. The average molecular weight is 247 g/mol. The molecular weight excluding hydrogens is 226 g/mol. The summed E-state index contributed by atoms with van der Waals surface area (Å²) in [7, 11) is 2.92. The second kappa shape index (κ2) is 5.20. The molecule has 0 bridgehead atoms. The number of hydrogen-bond acceptors (Lipinski definition) is 5. The van der Waals surface area contributed by atoms with Crippen molar-refractivity contribution in [3.8, 4) is 0 Å². The van der Waals surface area contributed by atoms with Crippen LogP contribution in [0.5, 0.6) is 0 Å². The quantitative estimate of drug-likeness (QED) is 0.773. The molecule has 100 valence electrons. The molecule has 1 N–H and O–H groups in total. The van der Waals surface area contributed by atoms with Crippen LogP contribution in [-0.2, 0) is 14.2 Å². The summed E-state index contributed by atoms with van der Waals surface area (Å²) in [6.07, 6.45) is -2.55. The van der Waals surface area contributed by atoms with Crippen molar-refractivity contribution < 1.29 is 24.1 Å². The number of likely N-dealkylation sites (tertiary alicyclic amines) is 1. The maximum absolute atomic E-state index is 11.9. The van der Waals surface area contributed by atoms with Crippen molar-refractivity contribution in [2.24, 2.45) is 0 Å². The van der Waals surface area contributed by atoms with Gasteiger partial charge in [-0.3, -0.25) is 4.90 Å². The summed E-state index contributed by atoms with van der Waals surface area (Å²) in [5.74, 6) is 0. The number of nitrogens with zero attached hydrogens (tertiary/aromatic N) is 1. The molecule has 1 rings (SSSR count). The number of methoxy groups -OCH3 is 2. The minimum atomic E-state index is -0.863. The summed E-state index contributed by atoms with van der Waals surface area (Å²) >= 11 is 0. The third-order valence-corrected chi connectivity index (χ3v) is 2.53. The SMILES string of the molecule is CO[C@@H]1CN(C(=O)OC(C)(C)C)[C@@H](OC)[C@@H]1O. The van der Waals surface area contributed by atoms with Gasteiger partial charge in [-0.25, -0.2) is 4.79 Å². The van der Waals surface area contributed by atoms with Crippen molar-refractivity contribution in [1.82, 2.24) is 4.90 Å². The number of aliphatic hydroxyl groups is 1. The first kappa shape index (κ1) is 14.2.